The number of nitrogens with zero attached hydrogens (tertiary/aromatic N) is 1. The van der Waals surface area contributed by atoms with Gasteiger partial charge in [-0.05, 0) is 38.2 Å². The highest BCUT2D eigenvalue weighted by molar-refractivity contribution is 7.73. The summed E-state index contributed by atoms with van der Waals surface area (Å²) in [4.78, 5) is 2.35. The monoisotopic (exact) mass is 319 g/mol. The van der Waals surface area contributed by atoms with Crippen LogP contribution in [0.1, 0.15) is 11.3 Å². The van der Waals surface area contributed by atoms with Gasteiger partial charge in [-0.2, -0.15) is 0 Å². The summed E-state index contributed by atoms with van der Waals surface area (Å²) in [6.45, 7) is 0. The van der Waals surface area contributed by atoms with Crippen molar-refractivity contribution in [2.75, 3.05) is 14.1 Å². The molecule has 0 aliphatic heterocycles. The third-order valence-electron chi connectivity index (χ3n) is 3.90. The van der Waals surface area contributed by atoms with Crippen molar-refractivity contribution in [3.8, 4) is 0 Å². The molecule has 23 heavy (non-hydrogen) atoms. The van der Waals surface area contributed by atoms with Crippen LogP contribution in [-0.2, 0) is 0 Å². The lowest BCUT2D eigenvalue weighted by molar-refractivity contribution is 0.387. The molecule has 0 saturated carbocycles. The van der Waals surface area contributed by atoms with Crippen LogP contribution in [0, 0.1) is 0 Å². The van der Waals surface area contributed by atoms with Crippen LogP contribution in [0.2, 0.25) is 0 Å². The van der Waals surface area contributed by atoms with Crippen molar-refractivity contribution in [2.45, 2.75) is 5.78 Å². The first kappa shape index (κ1) is 15.9. The molecular formula is C21H22NP. The molecule has 0 aliphatic rings. The minimum absolute atomic E-state index is 0.357. The van der Waals surface area contributed by atoms with Gasteiger partial charge in [0.05, 0.1) is 5.78 Å². The third-order valence-corrected chi connectivity index (χ3v) is 6.86. The van der Waals surface area contributed by atoms with Crippen LogP contribution in [0.5, 0.6) is 0 Å². The number of hydrogen-bond donors (Lipinski definition) is 0. The lowest BCUT2D eigenvalue weighted by Gasteiger charge is -2.34. The molecule has 1 nitrogen and oxygen atoms in total. The molecule has 0 aliphatic carbocycles. The van der Waals surface area contributed by atoms with Gasteiger partial charge in [0.2, 0.25) is 0 Å². The molecule has 0 fully saturated rings. The highest BCUT2D eigenvalue weighted by Crippen LogP contribution is 2.50. The van der Waals surface area contributed by atoms with Crippen LogP contribution in [-0.4, -0.2) is 19.0 Å². The van der Waals surface area contributed by atoms with Crippen molar-refractivity contribution in [1.82, 2.24) is 4.90 Å². The van der Waals surface area contributed by atoms with E-state index in [1.54, 1.807) is 0 Å². The van der Waals surface area contributed by atoms with Crippen molar-refractivity contribution >= 4 is 18.5 Å². The molecule has 0 amide bonds. The number of rotatable bonds is 5. The normalized spacial score (nSPS) is 12.5. The standard InChI is InChI=1S/C21H22NP/c1-22(2)21(18-12-6-3-7-13-18)23(19-14-8-4-9-15-19)20-16-10-5-11-17-20/h3-17,21H,1-2H3. The van der Waals surface area contributed by atoms with E-state index in [9.17, 15) is 0 Å². The Morgan fingerprint density at radius 2 is 1.00 bits per heavy atom. The average Bonchev–Trinajstić information content (AvgIpc) is 2.61. The number of hydrogen-bond acceptors (Lipinski definition) is 1. The van der Waals surface area contributed by atoms with Gasteiger partial charge in [0.25, 0.3) is 0 Å². The van der Waals surface area contributed by atoms with E-state index in [2.05, 4.69) is 110 Å². The van der Waals surface area contributed by atoms with E-state index >= 15 is 0 Å². The summed E-state index contributed by atoms with van der Waals surface area (Å²) in [6.07, 6.45) is 0. The Bertz CT molecular complexity index is 671. The SMILES string of the molecule is CN(C)C(c1ccccc1)P(c1ccccc1)c1ccccc1. The summed E-state index contributed by atoms with van der Waals surface area (Å²) in [5.74, 6) is 0.357. The predicted molar refractivity (Wildman–Crippen MR) is 102 cm³/mol. The zero-order chi connectivity index (χ0) is 16.1. The fraction of sp³-hybridized carbons (Fsp3) is 0.143. The molecule has 3 rings (SSSR count). The highest BCUT2D eigenvalue weighted by atomic mass is 31.1. The maximum absolute atomic E-state index is 2.35. The molecule has 0 aromatic heterocycles. The Morgan fingerprint density at radius 1 is 0.609 bits per heavy atom. The van der Waals surface area contributed by atoms with Gasteiger partial charge in [-0.3, -0.25) is 4.90 Å². The second-order valence-corrected chi connectivity index (χ2v) is 8.05. The summed E-state index contributed by atoms with van der Waals surface area (Å²) < 4.78 is 0. The Balaban J connectivity index is 2.13. The fourth-order valence-electron chi connectivity index (χ4n) is 2.91. The second-order valence-electron chi connectivity index (χ2n) is 5.79. The minimum atomic E-state index is -0.504. The molecule has 0 heterocycles. The summed E-state index contributed by atoms with van der Waals surface area (Å²) >= 11 is 0. The van der Waals surface area contributed by atoms with Gasteiger partial charge in [-0.1, -0.05) is 91.0 Å². The van der Waals surface area contributed by atoms with E-state index in [1.165, 1.54) is 16.2 Å². The van der Waals surface area contributed by atoms with Gasteiger partial charge in [-0.15, -0.1) is 0 Å². The average molecular weight is 319 g/mol. The quantitative estimate of drug-likeness (QED) is 0.631. The van der Waals surface area contributed by atoms with Gasteiger partial charge in [0.1, 0.15) is 0 Å². The zero-order valence-electron chi connectivity index (χ0n) is 13.6. The van der Waals surface area contributed by atoms with Crippen LogP contribution in [0.4, 0.5) is 0 Å². The van der Waals surface area contributed by atoms with Crippen molar-refractivity contribution in [3.05, 3.63) is 96.6 Å². The van der Waals surface area contributed by atoms with Gasteiger partial charge < -0.3 is 0 Å². The second kappa shape index (κ2) is 7.55. The lowest BCUT2D eigenvalue weighted by Crippen LogP contribution is -2.26. The van der Waals surface area contributed by atoms with Gasteiger partial charge in [0.15, 0.2) is 0 Å². The molecule has 0 radical (unpaired) electrons. The van der Waals surface area contributed by atoms with Gasteiger partial charge in [-0.25, -0.2) is 0 Å². The molecule has 0 saturated heterocycles. The van der Waals surface area contributed by atoms with Crippen LogP contribution in [0.25, 0.3) is 0 Å². The summed E-state index contributed by atoms with van der Waals surface area (Å²) in [7, 11) is 3.85. The van der Waals surface area contributed by atoms with E-state index in [-0.39, 0.29) is 0 Å². The zero-order valence-corrected chi connectivity index (χ0v) is 14.5. The summed E-state index contributed by atoms with van der Waals surface area (Å²) in [5, 5.41) is 2.83. The molecule has 1 unspecified atom stereocenters. The third kappa shape index (κ3) is 3.69. The summed E-state index contributed by atoms with van der Waals surface area (Å²) in [6, 6.07) is 32.6. The van der Waals surface area contributed by atoms with Crippen LogP contribution in [0.3, 0.4) is 0 Å². The molecular weight excluding hydrogens is 297 g/mol. The Kier molecular flexibility index (Phi) is 5.23. The van der Waals surface area contributed by atoms with Crippen LogP contribution in [0.15, 0.2) is 91.0 Å². The number of benzene rings is 3. The predicted octanol–water partition coefficient (Wildman–Crippen LogP) is 4.38. The van der Waals surface area contributed by atoms with E-state index in [1.807, 2.05) is 0 Å². The first-order valence-electron chi connectivity index (χ1n) is 7.88. The largest absolute Gasteiger partial charge is 0.298 e. The van der Waals surface area contributed by atoms with E-state index in [0.29, 0.717) is 5.78 Å². The molecule has 0 spiro atoms. The lowest BCUT2D eigenvalue weighted by atomic mass is 10.2. The maximum Gasteiger partial charge on any atom is 0.0625 e. The van der Waals surface area contributed by atoms with Crippen molar-refractivity contribution < 1.29 is 0 Å². The van der Waals surface area contributed by atoms with Crippen molar-refractivity contribution in [3.63, 3.8) is 0 Å². The maximum atomic E-state index is 2.35. The Hall–Kier alpha value is -1.95. The van der Waals surface area contributed by atoms with E-state index < -0.39 is 7.92 Å². The van der Waals surface area contributed by atoms with Gasteiger partial charge in [0, 0.05) is 0 Å². The van der Waals surface area contributed by atoms with Crippen molar-refractivity contribution in [2.24, 2.45) is 0 Å². The first-order chi connectivity index (χ1) is 11.3. The Labute approximate surface area is 140 Å². The van der Waals surface area contributed by atoms with Crippen LogP contribution < -0.4 is 10.6 Å². The summed E-state index contributed by atoms with van der Waals surface area (Å²) in [5.41, 5.74) is 1.37. The molecule has 116 valence electrons. The smallest absolute Gasteiger partial charge is 0.0625 e. The molecule has 2 heteroatoms. The van der Waals surface area contributed by atoms with Crippen molar-refractivity contribution in [1.29, 1.82) is 0 Å². The van der Waals surface area contributed by atoms with E-state index in [0.717, 1.165) is 0 Å². The molecule has 1 atom stereocenters. The molecule has 3 aromatic rings. The highest BCUT2D eigenvalue weighted by Gasteiger charge is 2.27. The topological polar surface area (TPSA) is 3.24 Å². The van der Waals surface area contributed by atoms with E-state index in [4.69, 9.17) is 0 Å². The molecule has 0 N–H and O–H groups in total. The van der Waals surface area contributed by atoms with Gasteiger partial charge >= 0.3 is 0 Å². The van der Waals surface area contributed by atoms with Crippen LogP contribution >= 0.6 is 7.92 Å². The molecule has 0 bridgehead atoms. The minimum Gasteiger partial charge on any atom is -0.298 e. The Morgan fingerprint density at radius 3 is 1.39 bits per heavy atom. The first-order valence-corrected chi connectivity index (χ1v) is 9.29. The fourth-order valence-corrected chi connectivity index (χ4v) is 5.69. The molecule has 3 aromatic carbocycles.